The first-order valence-corrected chi connectivity index (χ1v) is 10.6. The van der Waals surface area contributed by atoms with Crippen LogP contribution in [0.25, 0.3) is 0 Å². The molecule has 9 nitrogen and oxygen atoms in total. The van der Waals surface area contributed by atoms with Gasteiger partial charge in [-0.15, -0.1) is 0 Å². The van der Waals surface area contributed by atoms with Crippen LogP contribution in [0.15, 0.2) is 0 Å². The fraction of sp³-hybridized carbons (Fsp3) is 0.857. The van der Waals surface area contributed by atoms with E-state index in [0.717, 1.165) is 12.8 Å². The Hall–Kier alpha value is -1.71. The Labute approximate surface area is 179 Å². The van der Waals surface area contributed by atoms with Gasteiger partial charge in [0, 0.05) is 53.1 Å². The Kier molecular flexibility index (Phi) is 12.6. The fourth-order valence-electron chi connectivity index (χ4n) is 3.35. The molecular formula is C21H37NO8. The van der Waals surface area contributed by atoms with E-state index >= 15 is 0 Å². The summed E-state index contributed by atoms with van der Waals surface area (Å²) in [6.07, 6.45) is 1.59. The number of amides is 1. The second kappa shape index (κ2) is 14.3. The first kappa shape index (κ1) is 26.3. The van der Waals surface area contributed by atoms with Crippen LogP contribution in [0.5, 0.6) is 0 Å². The molecule has 1 amide bonds. The maximum Gasteiger partial charge on any atom is 0.303 e. The standard InChI is InChI=1S/C21H37NO8/c1-14(9-8-11-26-5)22-19(25)10-6-7-12-27-20-13-18(29-16(3)23)21(15(2)28-20)30-17(4)24/h14-15,18,20-21H,6-13H2,1-5H3,(H,22,25)/t14-,15+,18+,20+,21-/m0/s1. The molecule has 1 saturated heterocycles. The van der Waals surface area contributed by atoms with E-state index in [2.05, 4.69) is 5.32 Å². The molecule has 0 aromatic heterocycles. The predicted molar refractivity (Wildman–Crippen MR) is 109 cm³/mol. The zero-order chi connectivity index (χ0) is 22.5. The summed E-state index contributed by atoms with van der Waals surface area (Å²) in [5.74, 6) is -0.882. The molecule has 1 aliphatic rings. The molecule has 0 unspecified atom stereocenters. The number of methoxy groups -OCH3 is 1. The van der Waals surface area contributed by atoms with Crippen LogP contribution in [-0.2, 0) is 38.1 Å². The maximum absolute atomic E-state index is 12.0. The molecule has 0 aromatic rings. The zero-order valence-electron chi connectivity index (χ0n) is 18.8. The number of hydrogen-bond donors (Lipinski definition) is 1. The average molecular weight is 432 g/mol. The average Bonchev–Trinajstić information content (AvgIpc) is 2.63. The zero-order valence-corrected chi connectivity index (χ0v) is 18.8. The number of hydrogen-bond acceptors (Lipinski definition) is 8. The van der Waals surface area contributed by atoms with Gasteiger partial charge in [-0.1, -0.05) is 0 Å². The highest BCUT2D eigenvalue weighted by Crippen LogP contribution is 2.26. The van der Waals surface area contributed by atoms with E-state index in [9.17, 15) is 14.4 Å². The molecule has 0 radical (unpaired) electrons. The van der Waals surface area contributed by atoms with E-state index in [0.29, 0.717) is 32.5 Å². The van der Waals surface area contributed by atoms with Crippen molar-refractivity contribution in [2.45, 2.75) is 96.9 Å². The Morgan fingerprint density at radius 2 is 1.77 bits per heavy atom. The summed E-state index contributed by atoms with van der Waals surface area (Å²) in [6.45, 7) is 7.46. The normalized spacial score (nSPS) is 24.7. The molecule has 30 heavy (non-hydrogen) atoms. The number of unbranched alkanes of at least 4 members (excludes halogenated alkanes) is 1. The fourth-order valence-corrected chi connectivity index (χ4v) is 3.35. The van der Waals surface area contributed by atoms with Crippen molar-refractivity contribution in [3.63, 3.8) is 0 Å². The van der Waals surface area contributed by atoms with E-state index in [1.54, 1.807) is 14.0 Å². The number of esters is 2. The Bertz CT molecular complexity index is 541. The number of ether oxygens (including phenoxy) is 5. The first-order chi connectivity index (χ1) is 14.2. The van der Waals surface area contributed by atoms with Crippen LogP contribution in [0.4, 0.5) is 0 Å². The lowest BCUT2D eigenvalue weighted by molar-refractivity contribution is -0.255. The molecule has 1 N–H and O–H groups in total. The van der Waals surface area contributed by atoms with Gasteiger partial charge >= 0.3 is 11.9 Å². The van der Waals surface area contributed by atoms with Gasteiger partial charge < -0.3 is 29.0 Å². The molecule has 174 valence electrons. The van der Waals surface area contributed by atoms with Gasteiger partial charge in [0.15, 0.2) is 12.4 Å². The third-order valence-corrected chi connectivity index (χ3v) is 4.73. The lowest BCUT2D eigenvalue weighted by Gasteiger charge is -2.38. The monoisotopic (exact) mass is 431 g/mol. The van der Waals surface area contributed by atoms with Gasteiger partial charge in [-0.2, -0.15) is 0 Å². The molecule has 9 heteroatoms. The highest BCUT2D eigenvalue weighted by molar-refractivity contribution is 5.76. The smallest absolute Gasteiger partial charge is 0.303 e. The van der Waals surface area contributed by atoms with Gasteiger partial charge in [0.1, 0.15) is 6.10 Å². The molecule has 1 rings (SSSR count). The van der Waals surface area contributed by atoms with Crippen LogP contribution in [0.3, 0.4) is 0 Å². The Morgan fingerprint density at radius 1 is 1.07 bits per heavy atom. The highest BCUT2D eigenvalue weighted by atomic mass is 16.7. The molecule has 1 aliphatic heterocycles. The van der Waals surface area contributed by atoms with Crippen LogP contribution in [0.1, 0.15) is 66.2 Å². The molecule has 0 saturated carbocycles. The summed E-state index contributed by atoms with van der Waals surface area (Å²) < 4.78 is 27.1. The van der Waals surface area contributed by atoms with Crippen molar-refractivity contribution in [3.8, 4) is 0 Å². The number of carbonyl (C=O) groups is 3. The maximum atomic E-state index is 12.0. The summed E-state index contributed by atoms with van der Waals surface area (Å²) in [4.78, 5) is 34.7. The van der Waals surface area contributed by atoms with Crippen molar-refractivity contribution < 1.29 is 38.1 Å². The SMILES string of the molecule is COCCC[C@H](C)NC(=O)CCCCO[C@H]1C[C@@H](OC(C)=O)[C@@H](OC(C)=O)[C@@H](C)O1. The van der Waals surface area contributed by atoms with E-state index in [-0.39, 0.29) is 18.4 Å². The van der Waals surface area contributed by atoms with Gasteiger partial charge in [-0.25, -0.2) is 0 Å². The molecule has 0 aliphatic carbocycles. The topological polar surface area (TPSA) is 109 Å². The second-order valence-corrected chi connectivity index (χ2v) is 7.66. The Balaban J connectivity index is 2.30. The summed E-state index contributed by atoms with van der Waals surface area (Å²) in [6, 6.07) is 0.129. The minimum Gasteiger partial charge on any atom is -0.458 e. The summed E-state index contributed by atoms with van der Waals surface area (Å²) in [5, 5.41) is 2.98. The summed E-state index contributed by atoms with van der Waals surface area (Å²) in [7, 11) is 1.67. The molecular weight excluding hydrogens is 394 g/mol. The third-order valence-electron chi connectivity index (χ3n) is 4.73. The minimum absolute atomic E-state index is 0.0293. The van der Waals surface area contributed by atoms with Crippen LogP contribution in [0, 0.1) is 0 Å². The number of nitrogens with one attached hydrogen (secondary N) is 1. The molecule has 1 fully saturated rings. The van der Waals surface area contributed by atoms with Crippen LogP contribution in [-0.4, -0.2) is 68.8 Å². The van der Waals surface area contributed by atoms with Crippen molar-refractivity contribution in [2.75, 3.05) is 20.3 Å². The van der Waals surface area contributed by atoms with Crippen molar-refractivity contribution in [2.24, 2.45) is 0 Å². The molecule has 0 aromatic carbocycles. The quantitative estimate of drug-likeness (QED) is 0.349. The largest absolute Gasteiger partial charge is 0.458 e. The highest BCUT2D eigenvalue weighted by Gasteiger charge is 2.41. The predicted octanol–water partition coefficient (Wildman–Crippen LogP) is 2.10. The lowest BCUT2D eigenvalue weighted by Crippen LogP contribution is -2.51. The van der Waals surface area contributed by atoms with Gasteiger partial charge in [0.2, 0.25) is 5.91 Å². The molecule has 0 bridgehead atoms. The lowest BCUT2D eigenvalue weighted by atomic mass is 10.0. The third kappa shape index (κ3) is 10.9. The van der Waals surface area contributed by atoms with Crippen molar-refractivity contribution in [1.82, 2.24) is 5.32 Å². The minimum atomic E-state index is -0.666. The van der Waals surface area contributed by atoms with E-state index in [1.165, 1.54) is 13.8 Å². The summed E-state index contributed by atoms with van der Waals surface area (Å²) in [5.41, 5.74) is 0. The van der Waals surface area contributed by atoms with Crippen molar-refractivity contribution in [1.29, 1.82) is 0 Å². The molecule has 5 atom stereocenters. The van der Waals surface area contributed by atoms with E-state index < -0.39 is 36.5 Å². The Morgan fingerprint density at radius 3 is 2.40 bits per heavy atom. The van der Waals surface area contributed by atoms with E-state index in [1.807, 2.05) is 6.92 Å². The van der Waals surface area contributed by atoms with Crippen LogP contribution >= 0.6 is 0 Å². The van der Waals surface area contributed by atoms with Gasteiger partial charge in [0.25, 0.3) is 0 Å². The first-order valence-electron chi connectivity index (χ1n) is 10.6. The van der Waals surface area contributed by atoms with Gasteiger partial charge in [-0.05, 0) is 39.5 Å². The van der Waals surface area contributed by atoms with Crippen molar-refractivity contribution >= 4 is 17.8 Å². The van der Waals surface area contributed by atoms with Gasteiger partial charge in [-0.3, -0.25) is 14.4 Å². The van der Waals surface area contributed by atoms with E-state index in [4.69, 9.17) is 23.7 Å². The van der Waals surface area contributed by atoms with Crippen molar-refractivity contribution in [3.05, 3.63) is 0 Å². The number of rotatable bonds is 13. The van der Waals surface area contributed by atoms with Gasteiger partial charge in [0.05, 0.1) is 6.10 Å². The van der Waals surface area contributed by atoms with Crippen LogP contribution in [0.2, 0.25) is 0 Å². The molecule has 1 heterocycles. The molecule has 0 spiro atoms. The summed E-state index contributed by atoms with van der Waals surface area (Å²) >= 11 is 0. The second-order valence-electron chi connectivity index (χ2n) is 7.66. The number of carbonyl (C=O) groups excluding carboxylic acids is 3. The van der Waals surface area contributed by atoms with Crippen LogP contribution < -0.4 is 5.32 Å².